The SMILES string of the molecule is CC1CN(CCc2ccc(-c3cccc(Oc4ncc(F)cc4C(=O)NC4CCC(N)CC4)c3)cc2)CC(C)N1. The lowest BCUT2D eigenvalue weighted by molar-refractivity contribution is 0.0922. The predicted molar refractivity (Wildman–Crippen MR) is 156 cm³/mol. The number of aromatic nitrogens is 1. The molecule has 0 bridgehead atoms. The molecule has 2 unspecified atom stereocenters. The molecular weight excluding hydrogens is 505 g/mol. The van der Waals surface area contributed by atoms with Crippen molar-refractivity contribution in [1.29, 1.82) is 0 Å². The highest BCUT2D eigenvalue weighted by atomic mass is 19.1. The third-order valence-corrected chi connectivity index (χ3v) is 7.86. The van der Waals surface area contributed by atoms with Gasteiger partial charge in [0, 0.05) is 43.8 Å². The number of carbonyl (C=O) groups is 1. The number of pyridine rings is 1. The summed E-state index contributed by atoms with van der Waals surface area (Å²) in [4.78, 5) is 19.7. The molecule has 2 fully saturated rings. The highest BCUT2D eigenvalue weighted by Crippen LogP contribution is 2.29. The molecule has 1 aliphatic carbocycles. The molecule has 0 spiro atoms. The fourth-order valence-corrected chi connectivity index (χ4v) is 5.82. The van der Waals surface area contributed by atoms with Crippen LogP contribution in [-0.4, -0.2) is 59.6 Å². The number of ether oxygens (including phenoxy) is 1. The Labute approximate surface area is 236 Å². The van der Waals surface area contributed by atoms with Crippen LogP contribution >= 0.6 is 0 Å². The number of hydrogen-bond acceptors (Lipinski definition) is 6. The summed E-state index contributed by atoms with van der Waals surface area (Å²) in [6.07, 6.45) is 5.41. The fourth-order valence-electron chi connectivity index (χ4n) is 5.82. The monoisotopic (exact) mass is 545 g/mol. The van der Waals surface area contributed by atoms with Crippen LogP contribution in [0, 0.1) is 5.82 Å². The molecule has 1 saturated carbocycles. The number of nitrogens with one attached hydrogen (secondary N) is 2. The molecule has 2 atom stereocenters. The van der Waals surface area contributed by atoms with Crippen LogP contribution in [0.4, 0.5) is 4.39 Å². The Kier molecular flexibility index (Phi) is 9.09. The van der Waals surface area contributed by atoms with Crippen molar-refractivity contribution in [3.63, 3.8) is 0 Å². The van der Waals surface area contributed by atoms with Gasteiger partial charge in [0.05, 0.1) is 6.20 Å². The van der Waals surface area contributed by atoms with E-state index < -0.39 is 5.82 Å². The van der Waals surface area contributed by atoms with Gasteiger partial charge in [0.1, 0.15) is 17.1 Å². The summed E-state index contributed by atoms with van der Waals surface area (Å²) < 4.78 is 20.1. The molecule has 1 aromatic heterocycles. The number of nitrogens with zero attached hydrogens (tertiary/aromatic N) is 2. The van der Waals surface area contributed by atoms with Crippen molar-refractivity contribution in [2.75, 3.05) is 19.6 Å². The third kappa shape index (κ3) is 7.44. The predicted octanol–water partition coefficient (Wildman–Crippen LogP) is 4.90. The Bertz CT molecular complexity index is 1280. The fraction of sp³-hybridized carbons (Fsp3) is 0.438. The molecular formula is C32H40FN5O2. The molecule has 1 amide bonds. The molecule has 1 aliphatic heterocycles. The van der Waals surface area contributed by atoms with Crippen LogP contribution in [0.2, 0.25) is 0 Å². The number of piperazine rings is 1. The van der Waals surface area contributed by atoms with Crippen LogP contribution in [0.1, 0.15) is 55.5 Å². The molecule has 2 aromatic carbocycles. The van der Waals surface area contributed by atoms with Gasteiger partial charge in [0.2, 0.25) is 5.88 Å². The summed E-state index contributed by atoms with van der Waals surface area (Å²) in [5.74, 6) is -0.368. The van der Waals surface area contributed by atoms with Crippen molar-refractivity contribution in [1.82, 2.24) is 20.5 Å². The maximum absolute atomic E-state index is 14.1. The van der Waals surface area contributed by atoms with E-state index in [9.17, 15) is 9.18 Å². The van der Waals surface area contributed by atoms with Crippen LogP contribution < -0.4 is 21.1 Å². The zero-order valence-electron chi connectivity index (χ0n) is 23.4. The van der Waals surface area contributed by atoms with E-state index in [1.54, 1.807) is 0 Å². The van der Waals surface area contributed by atoms with Gasteiger partial charge in [0.25, 0.3) is 5.91 Å². The first-order chi connectivity index (χ1) is 19.3. The summed E-state index contributed by atoms with van der Waals surface area (Å²) in [5.41, 5.74) is 9.43. The van der Waals surface area contributed by atoms with Gasteiger partial charge in [-0.1, -0.05) is 36.4 Å². The van der Waals surface area contributed by atoms with Gasteiger partial charge in [0.15, 0.2) is 0 Å². The minimum Gasteiger partial charge on any atom is -0.438 e. The van der Waals surface area contributed by atoms with Crippen LogP contribution in [0.5, 0.6) is 11.6 Å². The standard InChI is InChI=1S/C32H40FN5O2/c1-21-19-38(20-22(2)36-21)15-14-23-6-8-24(9-7-23)25-4-3-5-29(16-25)40-32-30(17-26(33)18-35-32)31(39)37-28-12-10-27(34)11-13-28/h3-9,16-18,21-22,27-28,36H,10-15,19-20,34H2,1-2H3,(H,37,39). The number of rotatable bonds is 8. The molecule has 2 aliphatic rings. The van der Waals surface area contributed by atoms with Crippen molar-refractivity contribution < 1.29 is 13.9 Å². The van der Waals surface area contributed by atoms with Crippen molar-refractivity contribution in [3.05, 3.63) is 77.7 Å². The van der Waals surface area contributed by atoms with E-state index >= 15 is 0 Å². The van der Waals surface area contributed by atoms with Crippen LogP contribution in [0.3, 0.4) is 0 Å². The van der Waals surface area contributed by atoms with Crippen LogP contribution in [0.15, 0.2) is 60.8 Å². The number of carbonyl (C=O) groups excluding carboxylic acids is 1. The highest BCUT2D eigenvalue weighted by molar-refractivity contribution is 5.96. The Morgan fingerprint density at radius 3 is 2.50 bits per heavy atom. The first-order valence-corrected chi connectivity index (χ1v) is 14.4. The molecule has 212 valence electrons. The summed E-state index contributed by atoms with van der Waals surface area (Å²) in [6.45, 7) is 7.69. The average molecular weight is 546 g/mol. The lowest BCUT2D eigenvalue weighted by Gasteiger charge is -2.36. The second-order valence-corrected chi connectivity index (χ2v) is 11.4. The van der Waals surface area contributed by atoms with E-state index in [0.29, 0.717) is 17.8 Å². The summed E-state index contributed by atoms with van der Waals surface area (Å²) >= 11 is 0. The smallest absolute Gasteiger partial charge is 0.257 e. The number of benzene rings is 2. The maximum Gasteiger partial charge on any atom is 0.257 e. The van der Waals surface area contributed by atoms with E-state index in [-0.39, 0.29) is 29.4 Å². The minimum atomic E-state index is -0.585. The molecule has 3 aromatic rings. The third-order valence-electron chi connectivity index (χ3n) is 7.86. The van der Waals surface area contributed by atoms with Crippen molar-refractivity contribution in [2.24, 2.45) is 5.73 Å². The molecule has 40 heavy (non-hydrogen) atoms. The highest BCUT2D eigenvalue weighted by Gasteiger charge is 2.24. The van der Waals surface area contributed by atoms with Gasteiger partial charge in [-0.25, -0.2) is 9.37 Å². The van der Waals surface area contributed by atoms with Crippen molar-refractivity contribution >= 4 is 5.91 Å². The van der Waals surface area contributed by atoms with Gasteiger partial charge in [-0.15, -0.1) is 0 Å². The van der Waals surface area contributed by atoms with E-state index in [1.165, 1.54) is 11.6 Å². The molecule has 4 N–H and O–H groups in total. The maximum atomic E-state index is 14.1. The Morgan fingerprint density at radius 2 is 1.77 bits per heavy atom. The van der Waals surface area contributed by atoms with Gasteiger partial charge >= 0.3 is 0 Å². The van der Waals surface area contributed by atoms with Crippen LogP contribution in [-0.2, 0) is 6.42 Å². The molecule has 1 saturated heterocycles. The van der Waals surface area contributed by atoms with Gasteiger partial charge in [-0.3, -0.25) is 9.69 Å². The van der Waals surface area contributed by atoms with E-state index in [0.717, 1.165) is 69.1 Å². The quantitative estimate of drug-likeness (QED) is 0.373. The van der Waals surface area contributed by atoms with Gasteiger partial charge in [-0.2, -0.15) is 0 Å². The largest absolute Gasteiger partial charge is 0.438 e. The molecule has 2 heterocycles. The number of nitrogens with two attached hydrogens (primary N) is 1. The first kappa shape index (κ1) is 28.2. The van der Waals surface area contributed by atoms with Crippen LogP contribution in [0.25, 0.3) is 11.1 Å². The first-order valence-electron chi connectivity index (χ1n) is 14.4. The Balaban J connectivity index is 1.24. The molecule has 8 heteroatoms. The van der Waals surface area contributed by atoms with Gasteiger partial charge in [-0.05, 0) is 80.8 Å². The van der Waals surface area contributed by atoms with Crippen molar-refractivity contribution in [2.45, 2.75) is 70.1 Å². The van der Waals surface area contributed by atoms with Gasteiger partial charge < -0.3 is 21.1 Å². The topological polar surface area (TPSA) is 92.5 Å². The number of amides is 1. The number of hydrogen-bond donors (Lipinski definition) is 3. The van der Waals surface area contributed by atoms with Crippen molar-refractivity contribution in [3.8, 4) is 22.8 Å². The van der Waals surface area contributed by atoms with E-state index in [2.05, 4.69) is 58.6 Å². The lowest BCUT2D eigenvalue weighted by atomic mass is 9.91. The Hall–Kier alpha value is -3.33. The Morgan fingerprint density at radius 1 is 1.05 bits per heavy atom. The molecule has 7 nitrogen and oxygen atoms in total. The zero-order chi connectivity index (χ0) is 28.1. The average Bonchev–Trinajstić information content (AvgIpc) is 2.94. The molecule has 5 rings (SSSR count). The second kappa shape index (κ2) is 12.9. The summed E-state index contributed by atoms with van der Waals surface area (Å²) in [7, 11) is 0. The second-order valence-electron chi connectivity index (χ2n) is 11.4. The summed E-state index contributed by atoms with van der Waals surface area (Å²) in [6, 6.07) is 18.7. The number of halogens is 1. The molecule has 0 radical (unpaired) electrons. The zero-order valence-corrected chi connectivity index (χ0v) is 23.4. The van der Waals surface area contributed by atoms with E-state index in [4.69, 9.17) is 10.5 Å². The normalized spacial score (nSPS) is 23.5. The van der Waals surface area contributed by atoms with E-state index in [1.807, 2.05) is 24.3 Å². The lowest BCUT2D eigenvalue weighted by Crippen LogP contribution is -2.54. The minimum absolute atomic E-state index is 0.0127. The summed E-state index contributed by atoms with van der Waals surface area (Å²) in [5, 5.41) is 6.59.